The van der Waals surface area contributed by atoms with Crippen molar-refractivity contribution in [2.45, 2.75) is 219 Å². The summed E-state index contributed by atoms with van der Waals surface area (Å²) in [6.07, 6.45) is 44.0. The van der Waals surface area contributed by atoms with Crippen LogP contribution in [0.25, 0.3) is 0 Å². The molecule has 0 radical (unpaired) electrons. The molecule has 0 aliphatic rings. The van der Waals surface area contributed by atoms with Gasteiger partial charge in [-0.2, -0.15) is 0 Å². The molecule has 334 valence electrons. The van der Waals surface area contributed by atoms with Crippen molar-refractivity contribution < 1.29 is 47.8 Å². The summed E-state index contributed by atoms with van der Waals surface area (Å²) in [7, 11) is -4.64. The fraction of sp³-hybridized carbons (Fsp3) is 0.826. The predicted molar refractivity (Wildman–Crippen MR) is 233 cm³/mol. The lowest BCUT2D eigenvalue weighted by Gasteiger charge is -2.20. The van der Waals surface area contributed by atoms with Crippen molar-refractivity contribution >= 4 is 19.8 Å². The number of esters is 2. The molecule has 0 bridgehead atoms. The number of unbranched alkanes of at least 4 members (excludes halogenated alkanes) is 23. The maximum Gasteiger partial charge on any atom is 0.472 e. The number of allylic oxidation sites excluding steroid dienone is 6. The minimum absolute atomic E-state index is 0.176. The minimum Gasteiger partial charge on any atom is -0.457 e. The van der Waals surface area contributed by atoms with Gasteiger partial charge in [-0.3, -0.25) is 18.6 Å². The van der Waals surface area contributed by atoms with Crippen LogP contribution in [0.5, 0.6) is 0 Å². The molecule has 3 atom stereocenters. The first-order valence-electron chi connectivity index (χ1n) is 22.9. The Bertz CT molecular complexity index is 1050. The Balaban J connectivity index is 3.90. The number of hydrogen-bond donors (Lipinski definition) is 3. The summed E-state index contributed by atoms with van der Waals surface area (Å²) in [5.74, 6) is -1.03. The lowest BCUT2D eigenvalue weighted by Crippen LogP contribution is -2.28. The third-order valence-electron chi connectivity index (χ3n) is 9.82. The van der Waals surface area contributed by atoms with Crippen LogP contribution >= 0.6 is 7.82 Å². The van der Waals surface area contributed by atoms with Crippen LogP contribution < -0.4 is 0 Å². The maximum atomic E-state index is 12.4. The molecule has 11 heteroatoms. The Morgan fingerprint density at radius 2 is 0.772 bits per heavy atom. The van der Waals surface area contributed by atoms with E-state index in [1.807, 2.05) is 0 Å². The smallest absolute Gasteiger partial charge is 0.457 e. The zero-order valence-corrected chi connectivity index (χ0v) is 37.2. The number of carbonyl (C=O) groups is 2. The SMILES string of the molecule is CCCCC/C=C\C/C=C\CCCCCCCC(=O)OC(CO)COP(=O)(O)OCC(CO)OC(=O)CCCCCCCCCCC/C=C\CCCCCCCC. The van der Waals surface area contributed by atoms with Crippen LogP contribution in [-0.4, -0.2) is 65.7 Å². The molecule has 0 heterocycles. The second-order valence-corrected chi connectivity index (χ2v) is 16.8. The van der Waals surface area contributed by atoms with Gasteiger partial charge in [0.25, 0.3) is 0 Å². The molecule has 0 rings (SSSR count). The van der Waals surface area contributed by atoms with Crippen molar-refractivity contribution in [3.8, 4) is 0 Å². The van der Waals surface area contributed by atoms with E-state index >= 15 is 0 Å². The van der Waals surface area contributed by atoms with Crippen LogP contribution in [0.2, 0.25) is 0 Å². The summed E-state index contributed by atoms with van der Waals surface area (Å²) in [6.45, 7) is 2.17. The molecule has 10 nitrogen and oxygen atoms in total. The first kappa shape index (κ1) is 55.2. The number of phosphoric acid groups is 1. The lowest BCUT2D eigenvalue weighted by atomic mass is 10.1. The number of rotatable bonds is 43. The molecule has 0 saturated heterocycles. The largest absolute Gasteiger partial charge is 0.472 e. The van der Waals surface area contributed by atoms with E-state index < -0.39 is 58.4 Å². The van der Waals surface area contributed by atoms with Gasteiger partial charge < -0.3 is 24.6 Å². The van der Waals surface area contributed by atoms with Gasteiger partial charge in [-0.1, -0.05) is 159 Å². The van der Waals surface area contributed by atoms with Gasteiger partial charge in [-0.05, 0) is 70.6 Å². The van der Waals surface area contributed by atoms with Gasteiger partial charge in [0.1, 0.15) is 12.2 Å². The van der Waals surface area contributed by atoms with E-state index in [-0.39, 0.29) is 12.8 Å². The monoisotopic (exact) mass is 829 g/mol. The number of aliphatic hydroxyl groups is 2. The summed E-state index contributed by atoms with van der Waals surface area (Å²) in [5.41, 5.74) is 0. The normalized spacial score (nSPS) is 14.1. The molecule has 0 amide bonds. The Labute approximate surface area is 348 Å². The van der Waals surface area contributed by atoms with E-state index in [2.05, 4.69) is 50.3 Å². The molecule has 0 fully saturated rings. The molecular formula is C46H85O10P. The van der Waals surface area contributed by atoms with Crippen LogP contribution in [0.3, 0.4) is 0 Å². The highest BCUT2D eigenvalue weighted by atomic mass is 31.2. The maximum absolute atomic E-state index is 12.4. The molecular weight excluding hydrogens is 743 g/mol. The Morgan fingerprint density at radius 3 is 1.14 bits per heavy atom. The van der Waals surface area contributed by atoms with Gasteiger partial charge in [-0.25, -0.2) is 4.57 Å². The fourth-order valence-electron chi connectivity index (χ4n) is 6.26. The van der Waals surface area contributed by atoms with E-state index in [1.54, 1.807) is 0 Å². The Morgan fingerprint density at radius 1 is 0.474 bits per heavy atom. The number of ether oxygens (including phenoxy) is 2. The third kappa shape index (κ3) is 40.7. The van der Waals surface area contributed by atoms with Crippen LogP contribution in [0.4, 0.5) is 0 Å². The van der Waals surface area contributed by atoms with Crippen molar-refractivity contribution in [1.29, 1.82) is 0 Å². The molecule has 0 aromatic rings. The molecule has 0 aliphatic carbocycles. The van der Waals surface area contributed by atoms with Crippen molar-refractivity contribution in [2.24, 2.45) is 0 Å². The van der Waals surface area contributed by atoms with Crippen LogP contribution in [0, 0.1) is 0 Å². The van der Waals surface area contributed by atoms with Crippen molar-refractivity contribution in [2.75, 3.05) is 26.4 Å². The fourth-order valence-corrected chi connectivity index (χ4v) is 7.04. The predicted octanol–water partition coefficient (Wildman–Crippen LogP) is 12.3. The Hall–Kier alpha value is -1.81. The van der Waals surface area contributed by atoms with Crippen molar-refractivity contribution in [1.82, 2.24) is 0 Å². The van der Waals surface area contributed by atoms with Crippen molar-refractivity contribution in [3.05, 3.63) is 36.5 Å². The first-order chi connectivity index (χ1) is 27.8. The number of hydrogen-bond acceptors (Lipinski definition) is 9. The van der Waals surface area contributed by atoms with E-state index in [0.29, 0.717) is 12.8 Å². The summed E-state index contributed by atoms with van der Waals surface area (Å²) >= 11 is 0. The lowest BCUT2D eigenvalue weighted by molar-refractivity contribution is -0.153. The average Bonchev–Trinajstić information content (AvgIpc) is 3.20. The van der Waals surface area contributed by atoms with E-state index in [1.165, 1.54) is 103 Å². The van der Waals surface area contributed by atoms with Gasteiger partial charge in [-0.15, -0.1) is 0 Å². The molecule has 57 heavy (non-hydrogen) atoms. The summed E-state index contributed by atoms with van der Waals surface area (Å²) in [5, 5.41) is 19.2. The van der Waals surface area contributed by atoms with Crippen LogP contribution in [-0.2, 0) is 32.7 Å². The summed E-state index contributed by atoms with van der Waals surface area (Å²) < 4.78 is 32.6. The highest BCUT2D eigenvalue weighted by Gasteiger charge is 2.27. The molecule has 0 aromatic heterocycles. The molecule has 0 aromatic carbocycles. The Kier molecular flexibility index (Phi) is 41.0. The number of phosphoric ester groups is 1. The van der Waals surface area contributed by atoms with Gasteiger partial charge in [0.05, 0.1) is 26.4 Å². The molecule has 3 unspecified atom stereocenters. The van der Waals surface area contributed by atoms with Crippen LogP contribution in [0.15, 0.2) is 36.5 Å². The molecule has 3 N–H and O–H groups in total. The molecule has 0 aliphatic heterocycles. The molecule has 0 spiro atoms. The number of carbonyl (C=O) groups excluding carboxylic acids is 2. The van der Waals surface area contributed by atoms with Gasteiger partial charge >= 0.3 is 19.8 Å². The first-order valence-corrected chi connectivity index (χ1v) is 24.4. The van der Waals surface area contributed by atoms with Crippen LogP contribution in [0.1, 0.15) is 206 Å². The van der Waals surface area contributed by atoms with Gasteiger partial charge in [0.2, 0.25) is 0 Å². The van der Waals surface area contributed by atoms with Gasteiger partial charge in [0.15, 0.2) is 0 Å². The second-order valence-electron chi connectivity index (χ2n) is 15.4. The quantitative estimate of drug-likeness (QED) is 0.0235. The zero-order valence-electron chi connectivity index (χ0n) is 36.3. The minimum atomic E-state index is -4.64. The highest BCUT2D eigenvalue weighted by Crippen LogP contribution is 2.43. The van der Waals surface area contributed by atoms with E-state index in [0.717, 1.165) is 64.2 Å². The van der Waals surface area contributed by atoms with Crippen molar-refractivity contribution in [3.63, 3.8) is 0 Å². The second kappa shape index (κ2) is 42.3. The summed E-state index contributed by atoms with van der Waals surface area (Å²) in [6, 6.07) is 0. The number of aliphatic hydroxyl groups excluding tert-OH is 2. The topological polar surface area (TPSA) is 149 Å². The standard InChI is InChI=1S/C46H85O10P/c1-3-5-7-9-11-13-15-17-19-20-21-22-24-26-28-30-32-34-36-38-46(50)56-44(40-48)42-54-57(51,52)53-41-43(39-47)55-45(49)37-35-33-31-29-27-25-23-18-16-14-12-10-8-6-4-2/h12,14,17-19,23,43-44,47-48H,3-11,13,15-16,20-22,24-42H2,1-2H3,(H,51,52)/b14-12-,19-17-,23-18-. The average molecular weight is 829 g/mol. The van der Waals surface area contributed by atoms with E-state index in [4.69, 9.17) is 18.5 Å². The van der Waals surface area contributed by atoms with Gasteiger partial charge in [0, 0.05) is 12.8 Å². The zero-order chi connectivity index (χ0) is 41.9. The summed E-state index contributed by atoms with van der Waals surface area (Å²) in [4.78, 5) is 34.5. The van der Waals surface area contributed by atoms with E-state index in [9.17, 15) is 29.3 Å². The highest BCUT2D eigenvalue weighted by molar-refractivity contribution is 7.47. The molecule has 0 saturated carbocycles. The third-order valence-corrected chi connectivity index (χ3v) is 10.8.